The SMILES string of the molecule is CN(Cc1ccc(F)cc1F)C(=O)Nc1cccc(S(N)(=O)=O)c1. The smallest absolute Gasteiger partial charge is 0.321 e. The Kier molecular flexibility index (Phi) is 5.15. The van der Waals surface area contributed by atoms with E-state index in [0.29, 0.717) is 0 Å². The number of halogens is 2. The first-order chi connectivity index (χ1) is 11.2. The number of hydrogen-bond acceptors (Lipinski definition) is 3. The molecule has 0 fully saturated rings. The summed E-state index contributed by atoms with van der Waals surface area (Å²) in [5.41, 5.74) is 0.366. The minimum absolute atomic E-state index is 0.0905. The lowest BCUT2D eigenvalue weighted by Gasteiger charge is -2.18. The van der Waals surface area contributed by atoms with E-state index in [0.717, 1.165) is 12.1 Å². The zero-order valence-corrected chi connectivity index (χ0v) is 13.5. The molecule has 2 aromatic rings. The molecule has 0 bridgehead atoms. The average molecular weight is 355 g/mol. The Labute approximate surface area is 137 Å². The molecule has 2 amide bonds. The van der Waals surface area contributed by atoms with Crippen LogP contribution in [-0.2, 0) is 16.6 Å². The van der Waals surface area contributed by atoms with Gasteiger partial charge in [0.2, 0.25) is 10.0 Å². The van der Waals surface area contributed by atoms with E-state index >= 15 is 0 Å². The molecule has 9 heteroatoms. The van der Waals surface area contributed by atoms with E-state index in [4.69, 9.17) is 5.14 Å². The number of nitrogens with zero attached hydrogens (tertiary/aromatic N) is 1. The Morgan fingerprint density at radius 2 is 1.92 bits per heavy atom. The minimum atomic E-state index is -3.89. The molecular formula is C15H15F2N3O3S. The van der Waals surface area contributed by atoms with Crippen LogP contribution in [0.4, 0.5) is 19.3 Å². The number of carbonyl (C=O) groups excluding carboxylic acids is 1. The summed E-state index contributed by atoms with van der Waals surface area (Å²) >= 11 is 0. The predicted molar refractivity (Wildman–Crippen MR) is 84.7 cm³/mol. The standard InChI is InChI=1S/C15H15F2N3O3S/c1-20(9-10-5-6-11(16)7-14(10)17)15(21)19-12-3-2-4-13(8-12)24(18,22)23/h2-8H,9H2,1H3,(H,19,21)(H2,18,22,23). The molecule has 2 aromatic carbocycles. The number of benzene rings is 2. The molecule has 6 nitrogen and oxygen atoms in total. The van der Waals surface area contributed by atoms with Crippen LogP contribution >= 0.6 is 0 Å². The molecule has 0 aromatic heterocycles. The second-order valence-corrected chi connectivity index (χ2v) is 6.66. The molecule has 0 radical (unpaired) electrons. The average Bonchev–Trinajstić information content (AvgIpc) is 2.49. The number of rotatable bonds is 4. The zero-order valence-electron chi connectivity index (χ0n) is 12.7. The highest BCUT2D eigenvalue weighted by Crippen LogP contribution is 2.16. The summed E-state index contributed by atoms with van der Waals surface area (Å²) in [6, 6.07) is 7.90. The van der Waals surface area contributed by atoms with Gasteiger partial charge in [-0.25, -0.2) is 27.1 Å². The Morgan fingerprint density at radius 3 is 2.54 bits per heavy atom. The van der Waals surface area contributed by atoms with E-state index in [1.165, 1.54) is 42.3 Å². The highest BCUT2D eigenvalue weighted by molar-refractivity contribution is 7.89. The third kappa shape index (κ3) is 4.49. The lowest BCUT2D eigenvalue weighted by Crippen LogP contribution is -2.31. The number of urea groups is 1. The van der Waals surface area contributed by atoms with E-state index in [2.05, 4.69) is 5.32 Å². The molecule has 0 aliphatic carbocycles. The van der Waals surface area contributed by atoms with Crippen LogP contribution in [-0.4, -0.2) is 26.4 Å². The van der Waals surface area contributed by atoms with Crippen LogP contribution in [0.2, 0.25) is 0 Å². The van der Waals surface area contributed by atoms with Crippen LogP contribution < -0.4 is 10.5 Å². The van der Waals surface area contributed by atoms with Crippen molar-refractivity contribution in [2.45, 2.75) is 11.4 Å². The van der Waals surface area contributed by atoms with Crippen molar-refractivity contribution in [2.24, 2.45) is 5.14 Å². The molecule has 0 saturated carbocycles. The maximum Gasteiger partial charge on any atom is 0.321 e. The van der Waals surface area contributed by atoms with E-state index in [9.17, 15) is 22.0 Å². The lowest BCUT2D eigenvalue weighted by molar-refractivity contribution is 0.220. The van der Waals surface area contributed by atoms with E-state index < -0.39 is 27.7 Å². The largest absolute Gasteiger partial charge is 0.323 e. The summed E-state index contributed by atoms with van der Waals surface area (Å²) in [5.74, 6) is -1.46. The summed E-state index contributed by atoms with van der Waals surface area (Å²) in [5, 5.41) is 7.50. The van der Waals surface area contributed by atoms with Gasteiger partial charge in [-0.1, -0.05) is 12.1 Å². The number of amides is 2. The van der Waals surface area contributed by atoms with Gasteiger partial charge in [-0.15, -0.1) is 0 Å². The summed E-state index contributed by atoms with van der Waals surface area (Å²) in [7, 11) is -2.47. The highest BCUT2D eigenvalue weighted by atomic mass is 32.2. The van der Waals surface area contributed by atoms with Crippen LogP contribution in [0.3, 0.4) is 0 Å². The molecular weight excluding hydrogens is 340 g/mol. The van der Waals surface area contributed by atoms with E-state index in [1.54, 1.807) is 0 Å². The second kappa shape index (κ2) is 6.93. The van der Waals surface area contributed by atoms with Crippen LogP contribution in [0.25, 0.3) is 0 Å². The normalized spacial score (nSPS) is 11.2. The number of anilines is 1. The van der Waals surface area contributed by atoms with Crippen molar-refractivity contribution in [1.82, 2.24) is 4.90 Å². The first-order valence-electron chi connectivity index (χ1n) is 6.76. The van der Waals surface area contributed by atoms with Gasteiger partial charge >= 0.3 is 6.03 Å². The van der Waals surface area contributed by atoms with Crippen molar-refractivity contribution in [3.63, 3.8) is 0 Å². The Balaban J connectivity index is 2.09. The first kappa shape index (κ1) is 17.8. The van der Waals surface area contributed by atoms with Crippen molar-refractivity contribution >= 4 is 21.7 Å². The molecule has 0 aliphatic heterocycles. The maximum atomic E-state index is 13.6. The van der Waals surface area contributed by atoms with E-state index in [1.807, 2.05) is 0 Å². The second-order valence-electron chi connectivity index (χ2n) is 5.09. The number of hydrogen-bond donors (Lipinski definition) is 2. The Hall–Kier alpha value is -2.52. The van der Waals surface area contributed by atoms with Gasteiger partial charge < -0.3 is 10.2 Å². The van der Waals surface area contributed by atoms with Gasteiger partial charge in [0.1, 0.15) is 11.6 Å². The lowest BCUT2D eigenvalue weighted by atomic mass is 10.2. The topological polar surface area (TPSA) is 92.5 Å². The Bertz CT molecular complexity index is 872. The molecule has 0 heterocycles. The van der Waals surface area contributed by atoms with E-state index in [-0.39, 0.29) is 22.7 Å². The van der Waals surface area contributed by atoms with Crippen LogP contribution in [0.1, 0.15) is 5.56 Å². The summed E-state index contributed by atoms with van der Waals surface area (Å²) < 4.78 is 49.1. The van der Waals surface area contributed by atoms with Crippen LogP contribution in [0.15, 0.2) is 47.4 Å². The van der Waals surface area contributed by atoms with Crippen molar-refractivity contribution < 1.29 is 22.0 Å². The molecule has 128 valence electrons. The summed E-state index contributed by atoms with van der Waals surface area (Å²) in [4.78, 5) is 13.1. The molecule has 24 heavy (non-hydrogen) atoms. The van der Waals surface area contributed by atoms with Gasteiger partial charge in [-0.05, 0) is 24.3 Å². The molecule has 0 atom stereocenters. The fraction of sp³-hybridized carbons (Fsp3) is 0.133. The first-order valence-corrected chi connectivity index (χ1v) is 8.30. The Morgan fingerprint density at radius 1 is 1.21 bits per heavy atom. The molecule has 0 aliphatic rings. The summed E-state index contributed by atoms with van der Waals surface area (Å²) in [6.45, 7) is -0.0905. The summed E-state index contributed by atoms with van der Waals surface area (Å²) in [6.07, 6.45) is 0. The fourth-order valence-electron chi connectivity index (χ4n) is 1.95. The van der Waals surface area contributed by atoms with Gasteiger partial charge in [-0.2, -0.15) is 0 Å². The van der Waals surface area contributed by atoms with Gasteiger partial charge in [0.15, 0.2) is 0 Å². The third-order valence-corrected chi connectivity index (χ3v) is 4.09. The molecule has 0 unspecified atom stereocenters. The zero-order chi connectivity index (χ0) is 17.9. The van der Waals surface area contributed by atoms with Crippen LogP contribution in [0, 0.1) is 11.6 Å². The predicted octanol–water partition coefficient (Wildman–Crippen LogP) is 2.28. The van der Waals surface area contributed by atoms with Gasteiger partial charge in [0.25, 0.3) is 0 Å². The van der Waals surface area contributed by atoms with Crippen molar-refractivity contribution in [1.29, 1.82) is 0 Å². The van der Waals surface area contributed by atoms with Gasteiger partial charge in [0, 0.05) is 30.9 Å². The minimum Gasteiger partial charge on any atom is -0.323 e. The fourth-order valence-corrected chi connectivity index (χ4v) is 2.51. The monoisotopic (exact) mass is 355 g/mol. The molecule has 3 N–H and O–H groups in total. The van der Waals surface area contributed by atoms with Gasteiger partial charge in [0.05, 0.1) is 4.90 Å². The molecule has 0 saturated heterocycles. The van der Waals surface area contributed by atoms with Crippen molar-refractivity contribution in [2.75, 3.05) is 12.4 Å². The number of primary sulfonamides is 1. The molecule has 2 rings (SSSR count). The third-order valence-electron chi connectivity index (χ3n) is 3.18. The van der Waals surface area contributed by atoms with Crippen molar-refractivity contribution in [3.8, 4) is 0 Å². The van der Waals surface area contributed by atoms with Gasteiger partial charge in [-0.3, -0.25) is 0 Å². The number of sulfonamides is 1. The quantitative estimate of drug-likeness (QED) is 0.881. The number of nitrogens with two attached hydrogens (primary N) is 1. The number of nitrogens with one attached hydrogen (secondary N) is 1. The van der Waals surface area contributed by atoms with Crippen molar-refractivity contribution in [3.05, 3.63) is 59.7 Å². The van der Waals surface area contributed by atoms with Crippen LogP contribution in [0.5, 0.6) is 0 Å². The maximum absolute atomic E-state index is 13.6. The molecule has 0 spiro atoms. The highest BCUT2D eigenvalue weighted by Gasteiger charge is 2.14. The number of carbonyl (C=O) groups is 1.